The van der Waals surface area contributed by atoms with E-state index in [1.165, 1.54) is 20.1 Å². The number of hydrogen-bond acceptors (Lipinski definition) is 4. The zero-order valence-corrected chi connectivity index (χ0v) is 9.02. The molecule has 16 heavy (non-hydrogen) atoms. The second-order valence-corrected chi connectivity index (χ2v) is 2.93. The molecule has 0 amide bonds. The molecule has 1 rings (SSSR count). The summed E-state index contributed by atoms with van der Waals surface area (Å²) < 4.78 is 17.2. The first-order valence-electron chi connectivity index (χ1n) is 5.06. The normalized spacial score (nSPS) is 11.6. The molecule has 0 atom stereocenters. The fourth-order valence-electron chi connectivity index (χ4n) is 1.14. The van der Waals surface area contributed by atoms with Gasteiger partial charge in [0.15, 0.2) is 11.5 Å². The topological polar surface area (TPSA) is 52.6 Å². The Morgan fingerprint density at radius 1 is 1.44 bits per heavy atom. The largest absolute Gasteiger partial charge is 0.493 e. The molecule has 0 fully saturated rings. The van der Waals surface area contributed by atoms with Gasteiger partial charge in [-0.15, -0.1) is 0 Å². The van der Waals surface area contributed by atoms with Crippen LogP contribution in [0.1, 0.15) is 13.9 Å². The van der Waals surface area contributed by atoms with Crippen molar-refractivity contribution in [1.82, 2.24) is 0 Å². The third-order valence-corrected chi connectivity index (χ3v) is 1.76. The molecule has 0 N–H and O–H groups in total. The van der Waals surface area contributed by atoms with Gasteiger partial charge in [-0.3, -0.25) is 9.59 Å². The summed E-state index contributed by atoms with van der Waals surface area (Å²) in [6, 6.07) is 4.60. The first kappa shape index (κ1) is 10.4. The lowest BCUT2D eigenvalue weighted by molar-refractivity contribution is -0.132. The van der Waals surface area contributed by atoms with E-state index < -0.39 is 5.97 Å². The molecule has 0 saturated carbocycles. The number of ether oxygens (including phenoxy) is 2. The quantitative estimate of drug-likeness (QED) is 0.337. The maximum Gasteiger partial charge on any atom is 0.308 e. The molecule has 84 valence electrons. The lowest BCUT2D eigenvalue weighted by Gasteiger charge is -2.08. The number of benzene rings is 1. The fourth-order valence-corrected chi connectivity index (χ4v) is 1.14. The van der Waals surface area contributed by atoms with E-state index in [1.807, 2.05) is 0 Å². The van der Waals surface area contributed by atoms with Crippen molar-refractivity contribution in [2.45, 2.75) is 6.92 Å². The van der Waals surface area contributed by atoms with Crippen molar-refractivity contribution in [2.24, 2.45) is 0 Å². The Kier molecular flexibility index (Phi) is 3.71. The Morgan fingerprint density at radius 2 is 2.19 bits per heavy atom. The van der Waals surface area contributed by atoms with Crippen molar-refractivity contribution in [2.75, 3.05) is 7.11 Å². The summed E-state index contributed by atoms with van der Waals surface area (Å²) in [5.74, 6) is 0.225. The maximum absolute atomic E-state index is 10.8. The first-order valence-corrected chi connectivity index (χ1v) is 4.56. The molecule has 4 nitrogen and oxygen atoms in total. The molecule has 0 spiro atoms. The van der Waals surface area contributed by atoms with Gasteiger partial charge in [0.2, 0.25) is 0 Å². The van der Waals surface area contributed by atoms with E-state index in [4.69, 9.17) is 10.8 Å². The van der Waals surface area contributed by atoms with Gasteiger partial charge in [0.1, 0.15) is 6.29 Å². The number of carbonyl (C=O) groups excluding carboxylic acids is 2. The Bertz CT molecular complexity index is 466. The number of methoxy groups -OCH3 is 1. The van der Waals surface area contributed by atoms with E-state index >= 15 is 0 Å². The molecule has 0 aromatic heterocycles. The van der Waals surface area contributed by atoms with Gasteiger partial charge in [-0.1, -0.05) is 12.1 Å². The van der Waals surface area contributed by atoms with Crippen molar-refractivity contribution < 1.29 is 20.4 Å². The van der Waals surface area contributed by atoms with Crippen molar-refractivity contribution in [3.05, 3.63) is 29.8 Å². The fraction of sp³-hybridized carbons (Fsp3) is 0.167. The summed E-state index contributed by atoms with van der Waals surface area (Å²) in [5.41, 5.74) is 0.620. The number of rotatable bonds is 4. The Hall–Kier alpha value is -2.10. The van der Waals surface area contributed by atoms with Crippen LogP contribution in [0.3, 0.4) is 0 Å². The predicted molar refractivity (Wildman–Crippen MR) is 59.4 cm³/mol. The molecular weight excluding hydrogens is 208 g/mol. The molecule has 1 aromatic rings. The molecule has 0 aliphatic rings. The van der Waals surface area contributed by atoms with E-state index in [0.717, 1.165) is 0 Å². The van der Waals surface area contributed by atoms with E-state index in [-0.39, 0.29) is 6.05 Å². The van der Waals surface area contributed by atoms with Gasteiger partial charge in [0, 0.05) is 6.92 Å². The predicted octanol–water partition coefficient (Wildman–Crippen LogP) is 1.83. The average molecular weight is 221 g/mol. The van der Waals surface area contributed by atoms with Crippen LogP contribution >= 0.6 is 0 Å². The number of hydrogen-bond donors (Lipinski definition) is 0. The summed E-state index contributed by atoms with van der Waals surface area (Å²) >= 11 is 0. The summed E-state index contributed by atoms with van der Waals surface area (Å²) in [4.78, 5) is 21.1. The molecule has 0 unspecified atom stereocenters. The lowest BCUT2D eigenvalue weighted by atomic mass is 10.2. The van der Waals surface area contributed by atoms with Crippen molar-refractivity contribution in [3.8, 4) is 11.5 Å². The van der Waals surface area contributed by atoms with E-state index in [9.17, 15) is 9.59 Å². The highest BCUT2D eigenvalue weighted by Gasteiger charge is 2.06. The van der Waals surface area contributed by atoms with Crippen LogP contribution in [0.4, 0.5) is 0 Å². The standard InChI is InChI=1S/C12H12O4/c1-9(14)16-11-6-5-10(4-3-7-13)8-12(11)15-2/h3-8H,1-2H3/b4-3+/i3D. The SMILES string of the molecule is [2H]/C(C=O)=C\c1ccc(OC(C)=O)c(OC)c1. The van der Waals surface area contributed by atoms with E-state index in [0.29, 0.717) is 23.3 Å². The van der Waals surface area contributed by atoms with Crippen molar-refractivity contribution >= 4 is 18.3 Å². The Morgan fingerprint density at radius 3 is 2.75 bits per heavy atom. The smallest absolute Gasteiger partial charge is 0.308 e. The number of carbonyl (C=O) groups is 2. The minimum Gasteiger partial charge on any atom is -0.493 e. The van der Waals surface area contributed by atoms with Gasteiger partial charge in [-0.25, -0.2) is 0 Å². The summed E-state index contributed by atoms with van der Waals surface area (Å²) in [6.45, 7) is 1.29. The van der Waals surface area contributed by atoms with Crippen LogP contribution in [-0.4, -0.2) is 19.4 Å². The highest BCUT2D eigenvalue weighted by Crippen LogP contribution is 2.28. The third-order valence-electron chi connectivity index (χ3n) is 1.76. The monoisotopic (exact) mass is 221 g/mol. The zero-order chi connectivity index (χ0) is 12.8. The average Bonchev–Trinajstić information content (AvgIpc) is 2.30. The molecule has 0 aliphatic heterocycles. The number of allylic oxidation sites excluding steroid dienone is 1. The molecule has 0 radical (unpaired) electrons. The highest BCUT2D eigenvalue weighted by molar-refractivity contribution is 5.75. The second kappa shape index (κ2) is 5.70. The van der Waals surface area contributed by atoms with E-state index in [2.05, 4.69) is 0 Å². The summed E-state index contributed by atoms with van der Waals surface area (Å²) in [5, 5.41) is 0. The van der Waals surface area contributed by atoms with Gasteiger partial charge in [-0.05, 0) is 23.7 Å². The van der Waals surface area contributed by atoms with Crippen LogP contribution in [0, 0.1) is 0 Å². The summed E-state index contributed by atoms with van der Waals surface area (Å²) in [7, 11) is 1.44. The number of aldehydes is 1. The summed E-state index contributed by atoms with van der Waals surface area (Å²) in [6.07, 6.45) is 1.82. The molecule has 0 aliphatic carbocycles. The molecule has 0 bridgehead atoms. The highest BCUT2D eigenvalue weighted by atomic mass is 16.6. The molecule has 4 heteroatoms. The minimum atomic E-state index is -0.444. The van der Waals surface area contributed by atoms with Crippen LogP contribution in [0.15, 0.2) is 24.3 Å². The third kappa shape index (κ3) is 3.24. The minimum absolute atomic E-state index is 0.146. The van der Waals surface area contributed by atoms with Crippen LogP contribution in [0.2, 0.25) is 0 Å². The van der Waals surface area contributed by atoms with Gasteiger partial charge in [0.05, 0.1) is 8.48 Å². The van der Waals surface area contributed by atoms with Gasteiger partial charge in [-0.2, -0.15) is 0 Å². The zero-order valence-electron chi connectivity index (χ0n) is 10.0. The molecule has 1 aromatic carbocycles. The molecular formula is C12H12O4. The first-order chi connectivity index (χ1) is 8.06. The molecule has 0 saturated heterocycles. The van der Waals surface area contributed by atoms with Crippen molar-refractivity contribution in [1.29, 1.82) is 0 Å². The van der Waals surface area contributed by atoms with Crippen molar-refractivity contribution in [3.63, 3.8) is 0 Å². The second-order valence-electron chi connectivity index (χ2n) is 2.93. The van der Waals surface area contributed by atoms with Crippen LogP contribution in [-0.2, 0) is 9.59 Å². The lowest BCUT2D eigenvalue weighted by Crippen LogP contribution is -2.02. The van der Waals surface area contributed by atoms with E-state index in [1.54, 1.807) is 18.2 Å². The van der Waals surface area contributed by atoms with Crippen LogP contribution < -0.4 is 9.47 Å². The molecule has 0 heterocycles. The Balaban J connectivity index is 3.08. The number of esters is 1. The van der Waals surface area contributed by atoms with Gasteiger partial charge in [0.25, 0.3) is 0 Å². The maximum atomic E-state index is 10.8. The van der Waals surface area contributed by atoms with Gasteiger partial charge < -0.3 is 9.47 Å². The van der Waals surface area contributed by atoms with Crippen LogP contribution in [0.25, 0.3) is 6.08 Å². The van der Waals surface area contributed by atoms with Gasteiger partial charge >= 0.3 is 5.97 Å². The van der Waals surface area contributed by atoms with Crippen LogP contribution in [0.5, 0.6) is 11.5 Å². The Labute approximate surface area is 94.9 Å².